The molecule has 0 bridgehead atoms. The second kappa shape index (κ2) is 9.36. The number of nitrogens with zero attached hydrogens (tertiary/aromatic N) is 6. The van der Waals surface area contributed by atoms with Gasteiger partial charge in [0.15, 0.2) is 0 Å². The fraction of sp³-hybridized carbons (Fsp3) is 0.269. The molecule has 5 aromatic rings. The van der Waals surface area contributed by atoms with Crippen molar-refractivity contribution in [1.82, 2.24) is 33.9 Å². The van der Waals surface area contributed by atoms with Gasteiger partial charge < -0.3 is 19.2 Å². The SMILES string of the molecule is O=C(O)CCc1cc(C2CC2)cn2cc(Cn3cc(C(=O)NCc4ncn5ccc(Cl)cc45)cn3)nc12. The van der Waals surface area contributed by atoms with Gasteiger partial charge >= 0.3 is 5.97 Å². The summed E-state index contributed by atoms with van der Waals surface area (Å²) in [5.74, 6) is -0.536. The second-order valence-corrected chi connectivity index (χ2v) is 9.80. The summed E-state index contributed by atoms with van der Waals surface area (Å²) in [7, 11) is 0. The average Bonchev–Trinajstić information content (AvgIpc) is 3.28. The fourth-order valence-corrected chi connectivity index (χ4v) is 4.70. The van der Waals surface area contributed by atoms with Gasteiger partial charge in [0.1, 0.15) is 5.65 Å². The lowest BCUT2D eigenvalue weighted by Gasteiger charge is -2.06. The normalized spacial score (nSPS) is 13.4. The first-order chi connectivity index (χ1) is 17.9. The van der Waals surface area contributed by atoms with Crippen molar-refractivity contribution < 1.29 is 14.7 Å². The number of aromatic nitrogens is 6. The molecule has 1 aliphatic carbocycles. The van der Waals surface area contributed by atoms with Crippen LogP contribution >= 0.6 is 11.6 Å². The lowest BCUT2D eigenvalue weighted by molar-refractivity contribution is -0.136. The van der Waals surface area contributed by atoms with Crippen LogP contribution in [0.5, 0.6) is 0 Å². The van der Waals surface area contributed by atoms with Crippen molar-refractivity contribution in [2.45, 2.75) is 44.7 Å². The van der Waals surface area contributed by atoms with Crippen LogP contribution in [0.3, 0.4) is 0 Å². The molecule has 0 atom stereocenters. The first kappa shape index (κ1) is 23.2. The quantitative estimate of drug-likeness (QED) is 0.308. The van der Waals surface area contributed by atoms with Gasteiger partial charge in [-0.05, 0) is 48.4 Å². The minimum atomic E-state index is -0.825. The van der Waals surface area contributed by atoms with Crippen LogP contribution in [0, 0.1) is 0 Å². The number of halogens is 1. The van der Waals surface area contributed by atoms with Gasteiger partial charge in [0.25, 0.3) is 5.91 Å². The zero-order chi connectivity index (χ0) is 25.5. The maximum absolute atomic E-state index is 12.7. The van der Waals surface area contributed by atoms with E-state index in [1.54, 1.807) is 23.3 Å². The van der Waals surface area contributed by atoms with Crippen LogP contribution in [0.2, 0.25) is 5.02 Å². The van der Waals surface area contributed by atoms with Gasteiger partial charge in [0.05, 0.1) is 48.1 Å². The predicted molar refractivity (Wildman–Crippen MR) is 136 cm³/mol. The Kier molecular flexibility index (Phi) is 5.88. The Morgan fingerprint density at radius 3 is 2.84 bits per heavy atom. The molecular formula is C26H24ClN7O3. The molecule has 37 heavy (non-hydrogen) atoms. The first-order valence-corrected chi connectivity index (χ1v) is 12.4. The maximum Gasteiger partial charge on any atom is 0.303 e. The van der Waals surface area contributed by atoms with Gasteiger partial charge in [-0.15, -0.1) is 0 Å². The van der Waals surface area contributed by atoms with E-state index in [4.69, 9.17) is 21.7 Å². The number of imidazole rings is 2. The summed E-state index contributed by atoms with van der Waals surface area (Å²) in [6.45, 7) is 0.645. The fourth-order valence-electron chi connectivity index (χ4n) is 4.54. The van der Waals surface area contributed by atoms with Crippen LogP contribution in [-0.2, 0) is 24.3 Å². The van der Waals surface area contributed by atoms with E-state index in [0.717, 1.165) is 41.0 Å². The third-order valence-corrected chi connectivity index (χ3v) is 6.81. The van der Waals surface area contributed by atoms with Crippen molar-refractivity contribution in [2.24, 2.45) is 0 Å². The highest BCUT2D eigenvalue weighted by atomic mass is 35.5. The highest BCUT2D eigenvalue weighted by Gasteiger charge is 2.25. The summed E-state index contributed by atoms with van der Waals surface area (Å²) in [6, 6.07) is 5.68. The number of aryl methyl sites for hydroxylation is 1. The Bertz CT molecular complexity index is 1650. The lowest BCUT2D eigenvalue weighted by atomic mass is 10.1. The van der Waals surface area contributed by atoms with E-state index in [1.165, 1.54) is 11.8 Å². The summed E-state index contributed by atoms with van der Waals surface area (Å²) in [5.41, 5.74) is 5.69. The lowest BCUT2D eigenvalue weighted by Crippen LogP contribution is -2.22. The highest BCUT2D eigenvalue weighted by Crippen LogP contribution is 2.40. The van der Waals surface area contributed by atoms with Gasteiger partial charge in [0.2, 0.25) is 0 Å². The van der Waals surface area contributed by atoms with E-state index in [2.05, 4.69) is 27.7 Å². The molecule has 1 amide bonds. The molecule has 1 saturated carbocycles. The molecule has 1 aliphatic rings. The largest absolute Gasteiger partial charge is 0.481 e. The number of carboxylic acids is 1. The Morgan fingerprint density at radius 2 is 2.03 bits per heavy atom. The topological polar surface area (TPSA) is 119 Å². The van der Waals surface area contributed by atoms with Crippen molar-refractivity contribution in [3.8, 4) is 0 Å². The van der Waals surface area contributed by atoms with Crippen molar-refractivity contribution in [3.05, 3.63) is 88.6 Å². The monoisotopic (exact) mass is 517 g/mol. The maximum atomic E-state index is 12.7. The van der Waals surface area contributed by atoms with E-state index in [0.29, 0.717) is 29.5 Å². The molecule has 0 spiro atoms. The molecule has 0 radical (unpaired) electrons. The van der Waals surface area contributed by atoms with Crippen LogP contribution in [0.15, 0.2) is 55.5 Å². The minimum absolute atomic E-state index is 0.0609. The standard InChI is InChI=1S/C26H24ClN7O3/c27-20-5-6-32-15-29-22(23(32)8-20)10-28-26(37)19-9-30-34(12-19)14-21-13-33-11-18(16-1-2-16)7-17(25(33)31-21)3-4-24(35)36/h5-9,11-13,15-16H,1-4,10,14H2,(H,28,37)(H,35,36). The van der Waals surface area contributed by atoms with Crippen LogP contribution in [0.1, 0.15) is 58.1 Å². The summed E-state index contributed by atoms with van der Waals surface area (Å²) < 4.78 is 5.50. The van der Waals surface area contributed by atoms with Gasteiger partial charge in [-0.1, -0.05) is 17.7 Å². The number of carbonyl (C=O) groups is 2. The first-order valence-electron chi connectivity index (χ1n) is 12.1. The van der Waals surface area contributed by atoms with E-state index >= 15 is 0 Å². The molecule has 10 nitrogen and oxygen atoms in total. The van der Waals surface area contributed by atoms with Gasteiger partial charge in [0, 0.05) is 36.2 Å². The molecule has 0 unspecified atom stereocenters. The number of aliphatic carboxylic acids is 1. The summed E-state index contributed by atoms with van der Waals surface area (Å²) in [6.07, 6.45) is 13.6. The molecule has 188 valence electrons. The highest BCUT2D eigenvalue weighted by molar-refractivity contribution is 6.30. The van der Waals surface area contributed by atoms with Crippen molar-refractivity contribution >= 4 is 34.6 Å². The molecule has 2 N–H and O–H groups in total. The van der Waals surface area contributed by atoms with E-state index in [-0.39, 0.29) is 18.9 Å². The number of pyridine rings is 2. The van der Waals surface area contributed by atoms with Crippen molar-refractivity contribution in [2.75, 3.05) is 0 Å². The Balaban J connectivity index is 1.16. The van der Waals surface area contributed by atoms with E-state index in [1.807, 2.05) is 27.3 Å². The third-order valence-electron chi connectivity index (χ3n) is 6.57. The van der Waals surface area contributed by atoms with Crippen LogP contribution in [0.4, 0.5) is 0 Å². The minimum Gasteiger partial charge on any atom is -0.481 e. The predicted octanol–water partition coefficient (Wildman–Crippen LogP) is 3.70. The van der Waals surface area contributed by atoms with Crippen LogP contribution in [0.25, 0.3) is 11.2 Å². The van der Waals surface area contributed by atoms with Gasteiger partial charge in [-0.2, -0.15) is 5.10 Å². The number of nitrogens with one attached hydrogen (secondary N) is 1. The molecule has 6 rings (SSSR count). The Hall–Kier alpha value is -4.18. The molecule has 5 heterocycles. The molecule has 0 aromatic carbocycles. The van der Waals surface area contributed by atoms with E-state index in [9.17, 15) is 9.59 Å². The zero-order valence-corrected chi connectivity index (χ0v) is 20.6. The number of fused-ring (bicyclic) bond motifs is 2. The van der Waals surface area contributed by atoms with Gasteiger partial charge in [-0.25, -0.2) is 9.97 Å². The van der Waals surface area contributed by atoms with Gasteiger partial charge in [-0.3, -0.25) is 14.3 Å². The van der Waals surface area contributed by atoms with Crippen molar-refractivity contribution in [3.63, 3.8) is 0 Å². The summed E-state index contributed by atoms with van der Waals surface area (Å²) in [5, 5.41) is 17.0. The number of amides is 1. The summed E-state index contributed by atoms with van der Waals surface area (Å²) >= 11 is 6.09. The number of carbonyl (C=O) groups excluding carboxylic acids is 1. The molecule has 5 aromatic heterocycles. The molecule has 0 saturated heterocycles. The Morgan fingerprint density at radius 1 is 1.16 bits per heavy atom. The molecular weight excluding hydrogens is 494 g/mol. The van der Waals surface area contributed by atoms with Crippen LogP contribution < -0.4 is 5.32 Å². The van der Waals surface area contributed by atoms with E-state index < -0.39 is 5.97 Å². The van der Waals surface area contributed by atoms with Crippen molar-refractivity contribution in [1.29, 1.82) is 0 Å². The average molecular weight is 518 g/mol. The molecule has 11 heteroatoms. The molecule has 1 fully saturated rings. The Labute approximate surface area is 216 Å². The zero-order valence-electron chi connectivity index (χ0n) is 19.8. The molecule has 0 aliphatic heterocycles. The summed E-state index contributed by atoms with van der Waals surface area (Å²) in [4.78, 5) is 33.0. The third kappa shape index (κ3) is 4.92. The number of rotatable bonds is 9. The number of hydrogen-bond donors (Lipinski definition) is 2. The number of hydrogen-bond acceptors (Lipinski definition) is 5. The smallest absolute Gasteiger partial charge is 0.303 e. The second-order valence-electron chi connectivity index (χ2n) is 9.37. The van der Waals surface area contributed by atoms with Crippen LogP contribution in [-0.4, -0.2) is 45.5 Å². The number of carboxylic acid groups (broad SMARTS) is 1.